The van der Waals surface area contributed by atoms with Crippen LogP contribution in [0.2, 0.25) is 0 Å². The fourth-order valence-corrected chi connectivity index (χ4v) is 5.66. The van der Waals surface area contributed by atoms with Gasteiger partial charge in [-0.15, -0.1) is 11.3 Å². The van der Waals surface area contributed by atoms with E-state index in [9.17, 15) is 14.9 Å². The second kappa shape index (κ2) is 8.25. The topological polar surface area (TPSA) is 96.7 Å². The van der Waals surface area contributed by atoms with Crippen LogP contribution in [0.4, 0.5) is 10.7 Å². The monoisotopic (exact) mass is 450 g/mol. The quantitative estimate of drug-likeness (QED) is 0.449. The lowest BCUT2D eigenvalue weighted by atomic mass is 10.00. The number of amides is 1. The number of nitrogens with one attached hydrogen (secondary N) is 2. The Hall–Kier alpha value is -3.43. The molecule has 0 bridgehead atoms. The highest BCUT2D eigenvalue weighted by atomic mass is 32.1. The average Bonchev–Trinajstić information content (AvgIpc) is 3.17. The van der Waals surface area contributed by atoms with Gasteiger partial charge in [0.25, 0.3) is 5.91 Å². The van der Waals surface area contributed by atoms with E-state index in [1.807, 2.05) is 18.2 Å². The number of nitro benzene ring substituents is 1. The molecule has 0 saturated heterocycles. The number of hydrogen-bond donors (Lipinski definition) is 2. The fourth-order valence-electron chi connectivity index (χ4n) is 4.34. The molecule has 3 aromatic rings. The van der Waals surface area contributed by atoms with Crippen LogP contribution in [0, 0.1) is 10.1 Å². The molecule has 1 amide bonds. The van der Waals surface area contributed by atoms with Crippen molar-refractivity contribution in [2.45, 2.75) is 25.7 Å². The summed E-state index contributed by atoms with van der Waals surface area (Å²) < 4.78 is 5.08. The number of carbonyl (C=O) groups excluding carboxylic acids is 1. The van der Waals surface area contributed by atoms with Crippen molar-refractivity contribution in [3.63, 3.8) is 0 Å². The highest BCUT2D eigenvalue weighted by Crippen LogP contribution is 2.41. The summed E-state index contributed by atoms with van der Waals surface area (Å²) in [5, 5.41) is 18.5. The summed E-state index contributed by atoms with van der Waals surface area (Å²) in [7, 11) is 1.40. The van der Waals surface area contributed by atoms with Gasteiger partial charge >= 0.3 is 5.69 Å². The molecule has 1 atom stereocenters. The molecule has 5 rings (SSSR count). The maximum absolute atomic E-state index is 13.0. The number of thiophene rings is 1. The minimum Gasteiger partial charge on any atom is -0.490 e. The maximum Gasteiger partial charge on any atom is 0.311 e. The van der Waals surface area contributed by atoms with Gasteiger partial charge in [-0.25, -0.2) is 0 Å². The number of rotatable bonds is 5. The molecule has 2 N–H and O–H groups in total. The molecular weight excluding hydrogens is 428 g/mol. The van der Waals surface area contributed by atoms with E-state index < -0.39 is 11.1 Å². The normalized spacial score (nSPS) is 17.7. The number of carbonyl (C=O) groups is 1. The number of hydrogen-bond acceptors (Lipinski definition) is 7. The van der Waals surface area contributed by atoms with Crippen molar-refractivity contribution in [3.8, 4) is 5.75 Å². The first kappa shape index (κ1) is 20.5. The van der Waals surface area contributed by atoms with Crippen molar-refractivity contribution in [2.24, 2.45) is 0 Å². The number of fused-ring (bicyclic) bond motifs is 3. The van der Waals surface area contributed by atoms with E-state index in [4.69, 9.17) is 4.74 Å². The van der Waals surface area contributed by atoms with Gasteiger partial charge in [-0.1, -0.05) is 36.4 Å². The zero-order chi connectivity index (χ0) is 22.2. The molecule has 164 valence electrons. The maximum atomic E-state index is 13.0. The summed E-state index contributed by atoms with van der Waals surface area (Å²) in [6.45, 7) is 2.57. The summed E-state index contributed by atoms with van der Waals surface area (Å²) in [5.41, 5.74) is 3.57. The molecule has 8 nitrogen and oxygen atoms in total. The third-order valence-electron chi connectivity index (χ3n) is 5.90. The molecule has 9 heteroatoms. The van der Waals surface area contributed by atoms with Crippen LogP contribution in [-0.2, 0) is 19.5 Å². The average molecular weight is 451 g/mol. The number of benzene rings is 2. The van der Waals surface area contributed by atoms with Crippen molar-refractivity contribution in [3.05, 3.63) is 85.8 Å². The summed E-state index contributed by atoms with van der Waals surface area (Å²) in [4.78, 5) is 27.5. The van der Waals surface area contributed by atoms with Crippen molar-refractivity contribution in [2.75, 3.05) is 19.0 Å². The van der Waals surface area contributed by atoms with Crippen LogP contribution >= 0.6 is 11.3 Å². The smallest absolute Gasteiger partial charge is 0.311 e. The minimum atomic E-state index is -0.542. The molecule has 0 unspecified atom stereocenters. The van der Waals surface area contributed by atoms with E-state index in [1.54, 1.807) is 23.5 Å². The Balaban J connectivity index is 1.39. The number of methoxy groups -OCH3 is 1. The van der Waals surface area contributed by atoms with Crippen molar-refractivity contribution in [1.29, 1.82) is 0 Å². The van der Waals surface area contributed by atoms with Crippen molar-refractivity contribution >= 4 is 27.9 Å². The van der Waals surface area contributed by atoms with Crippen molar-refractivity contribution in [1.82, 2.24) is 10.2 Å². The Morgan fingerprint density at radius 2 is 2.03 bits per heavy atom. The Labute approximate surface area is 189 Å². The first-order chi connectivity index (χ1) is 15.5. The molecule has 0 radical (unpaired) electrons. The molecule has 0 aliphatic carbocycles. The molecule has 3 heterocycles. The van der Waals surface area contributed by atoms with E-state index >= 15 is 0 Å². The molecule has 2 aromatic carbocycles. The van der Waals surface area contributed by atoms with Gasteiger partial charge in [0.05, 0.1) is 17.6 Å². The Morgan fingerprint density at radius 3 is 2.78 bits per heavy atom. The van der Waals surface area contributed by atoms with E-state index in [0.29, 0.717) is 11.1 Å². The largest absolute Gasteiger partial charge is 0.490 e. The second-order valence-corrected chi connectivity index (χ2v) is 9.00. The summed E-state index contributed by atoms with van der Waals surface area (Å²) in [5.74, 6) is 0.0444. The molecular formula is C23H22N4O4S. The molecule has 0 fully saturated rings. The lowest BCUT2D eigenvalue weighted by Crippen LogP contribution is -2.38. The number of nitrogens with zero attached hydrogens (tertiary/aromatic N) is 2. The molecule has 32 heavy (non-hydrogen) atoms. The molecule has 1 aromatic heterocycles. The fraction of sp³-hybridized carbons (Fsp3) is 0.261. The summed E-state index contributed by atoms with van der Waals surface area (Å²) in [6, 6.07) is 15.1. The molecule has 0 saturated carbocycles. The van der Waals surface area contributed by atoms with Gasteiger partial charge in [-0.05, 0) is 23.6 Å². The summed E-state index contributed by atoms with van der Waals surface area (Å²) in [6.07, 6.45) is 0.280. The minimum absolute atomic E-state index is 0.131. The number of anilines is 1. The lowest BCUT2D eigenvalue weighted by Gasteiger charge is -2.28. The standard InChI is InChI=1S/C23H22N4O4S/c1-31-18-8-7-15(11-17(18)27(29)30)21-24-22(28)20-16-9-10-26(12-14-5-3-2-4-6-14)13-19(16)32-23(20)25-21/h2-8,11,21,25H,9-10,12-13H2,1H3,(H,24,28)/t21-/m1/s1. The zero-order valence-corrected chi connectivity index (χ0v) is 18.3. The van der Waals surface area contributed by atoms with E-state index in [0.717, 1.165) is 36.6 Å². The van der Waals surface area contributed by atoms with Gasteiger partial charge in [0, 0.05) is 36.1 Å². The third-order valence-corrected chi connectivity index (χ3v) is 7.04. The predicted molar refractivity (Wildman–Crippen MR) is 122 cm³/mol. The first-order valence-corrected chi connectivity index (χ1v) is 11.2. The second-order valence-electron chi connectivity index (χ2n) is 7.89. The first-order valence-electron chi connectivity index (χ1n) is 10.3. The van der Waals surface area contributed by atoms with Gasteiger partial charge in [0.15, 0.2) is 5.75 Å². The van der Waals surface area contributed by atoms with Gasteiger partial charge < -0.3 is 15.4 Å². The molecule has 2 aliphatic heterocycles. The van der Waals surface area contributed by atoms with Crippen LogP contribution in [0.5, 0.6) is 5.75 Å². The Bertz CT molecular complexity index is 1190. The van der Waals surface area contributed by atoms with Gasteiger partial charge in [0.2, 0.25) is 0 Å². The van der Waals surface area contributed by atoms with E-state index in [-0.39, 0.29) is 17.3 Å². The van der Waals surface area contributed by atoms with Crippen LogP contribution in [-0.4, -0.2) is 29.4 Å². The molecule has 2 aliphatic rings. The lowest BCUT2D eigenvalue weighted by molar-refractivity contribution is -0.385. The van der Waals surface area contributed by atoms with Crippen LogP contribution in [0.15, 0.2) is 48.5 Å². The predicted octanol–water partition coefficient (Wildman–Crippen LogP) is 4.08. The number of ether oxygens (including phenoxy) is 1. The highest BCUT2D eigenvalue weighted by molar-refractivity contribution is 7.16. The Kier molecular flexibility index (Phi) is 5.28. The zero-order valence-electron chi connectivity index (χ0n) is 17.5. The van der Waals surface area contributed by atoms with E-state index in [2.05, 4.69) is 27.7 Å². The Morgan fingerprint density at radius 1 is 1.22 bits per heavy atom. The van der Waals surface area contributed by atoms with Crippen LogP contribution < -0.4 is 15.4 Å². The van der Waals surface area contributed by atoms with Gasteiger partial charge in [-0.2, -0.15) is 0 Å². The number of nitro groups is 1. The highest BCUT2D eigenvalue weighted by Gasteiger charge is 2.34. The van der Waals surface area contributed by atoms with Crippen LogP contribution in [0.3, 0.4) is 0 Å². The molecule has 0 spiro atoms. The third kappa shape index (κ3) is 3.69. The van der Waals surface area contributed by atoms with E-state index in [1.165, 1.54) is 23.6 Å². The summed E-state index contributed by atoms with van der Waals surface area (Å²) >= 11 is 1.60. The van der Waals surface area contributed by atoms with Gasteiger partial charge in [0.1, 0.15) is 11.2 Å². The SMILES string of the molecule is COc1ccc([C@@H]2NC(=O)c3c(sc4c3CCN(Cc3ccccc3)C4)N2)cc1[N+](=O)[O-]. The van der Waals surface area contributed by atoms with Crippen molar-refractivity contribution < 1.29 is 14.5 Å². The van der Waals surface area contributed by atoms with Gasteiger partial charge in [-0.3, -0.25) is 19.8 Å². The van der Waals surface area contributed by atoms with Crippen LogP contribution in [0.1, 0.15) is 38.1 Å². The van der Waals surface area contributed by atoms with Crippen LogP contribution in [0.25, 0.3) is 0 Å².